The van der Waals surface area contributed by atoms with E-state index < -0.39 is 28.3 Å². The van der Waals surface area contributed by atoms with E-state index in [2.05, 4.69) is 5.32 Å². The molecule has 1 amide bonds. The average molecular weight is 463 g/mol. The maximum atomic E-state index is 12.6. The lowest BCUT2D eigenvalue weighted by atomic mass is 9.98. The number of nitrogens with one attached hydrogen (secondary N) is 1. The van der Waals surface area contributed by atoms with Crippen LogP contribution in [-0.2, 0) is 21.3 Å². The third kappa shape index (κ3) is 8.61. The highest BCUT2D eigenvalue weighted by Gasteiger charge is 2.33. The van der Waals surface area contributed by atoms with Crippen LogP contribution in [0.1, 0.15) is 43.9 Å². The topological polar surface area (TPSA) is 95.9 Å². The molecule has 0 saturated heterocycles. The van der Waals surface area contributed by atoms with E-state index in [1.54, 1.807) is 12.1 Å². The van der Waals surface area contributed by atoms with E-state index in [9.17, 15) is 18.3 Å². The largest absolute Gasteiger partial charge is 0.449 e. The van der Waals surface area contributed by atoms with Gasteiger partial charge in [-0.25, -0.2) is 13.2 Å². The molecule has 2 aromatic carbocycles. The zero-order valence-corrected chi connectivity index (χ0v) is 19.8. The first-order valence-corrected chi connectivity index (χ1v) is 12.7. The number of sulfonamides is 1. The van der Waals surface area contributed by atoms with Crippen molar-refractivity contribution in [3.8, 4) is 0 Å². The van der Waals surface area contributed by atoms with Crippen molar-refractivity contribution in [3.05, 3.63) is 71.8 Å². The zero-order valence-electron chi connectivity index (χ0n) is 19.0. The molecule has 2 N–H and O–H groups in total. The van der Waals surface area contributed by atoms with Crippen LogP contribution in [0.25, 0.3) is 0 Å². The van der Waals surface area contributed by atoms with Gasteiger partial charge in [0.2, 0.25) is 10.0 Å². The summed E-state index contributed by atoms with van der Waals surface area (Å²) < 4.78 is 31.7. The first-order valence-electron chi connectivity index (χ1n) is 10.8. The number of rotatable bonds is 12. The summed E-state index contributed by atoms with van der Waals surface area (Å²) >= 11 is 0. The summed E-state index contributed by atoms with van der Waals surface area (Å²) in [5.41, 5.74) is 1.64. The maximum Gasteiger partial charge on any atom is 0.407 e. The molecule has 0 aliphatic heterocycles. The molecule has 176 valence electrons. The monoisotopic (exact) mass is 462 g/mol. The number of carbonyl (C=O) groups excluding carboxylic acids is 1. The number of aliphatic hydroxyl groups is 1. The summed E-state index contributed by atoms with van der Waals surface area (Å²) in [5, 5.41) is 13.6. The van der Waals surface area contributed by atoms with Gasteiger partial charge in [0.05, 0.1) is 25.0 Å². The van der Waals surface area contributed by atoms with Gasteiger partial charge in [0.25, 0.3) is 0 Å². The quantitative estimate of drug-likeness (QED) is 0.501. The van der Waals surface area contributed by atoms with E-state index in [0.29, 0.717) is 31.0 Å². The van der Waals surface area contributed by atoms with E-state index in [1.165, 1.54) is 4.31 Å². The van der Waals surface area contributed by atoms with E-state index >= 15 is 0 Å². The van der Waals surface area contributed by atoms with Gasteiger partial charge in [-0.15, -0.1) is 0 Å². The van der Waals surface area contributed by atoms with Gasteiger partial charge in [-0.2, -0.15) is 4.31 Å². The van der Waals surface area contributed by atoms with Crippen LogP contribution >= 0.6 is 0 Å². The SMILES string of the molecule is CC(C)CCN([C@@H](c1ccccc1)C(O)CCOC(=O)NCc1ccccc1)S(C)(=O)=O. The second-order valence-corrected chi connectivity index (χ2v) is 10.2. The van der Waals surface area contributed by atoms with Gasteiger partial charge in [0.1, 0.15) is 0 Å². The number of aliphatic hydroxyl groups excluding tert-OH is 1. The second kappa shape index (κ2) is 12.6. The van der Waals surface area contributed by atoms with Crippen LogP contribution in [0.4, 0.5) is 4.79 Å². The molecule has 0 aliphatic carbocycles. The van der Waals surface area contributed by atoms with Crippen LogP contribution in [0, 0.1) is 5.92 Å². The van der Waals surface area contributed by atoms with Crippen molar-refractivity contribution in [2.24, 2.45) is 5.92 Å². The molecule has 0 fully saturated rings. The summed E-state index contributed by atoms with van der Waals surface area (Å²) in [7, 11) is -3.58. The van der Waals surface area contributed by atoms with Gasteiger partial charge in [0, 0.05) is 19.5 Å². The smallest absolute Gasteiger partial charge is 0.407 e. The molecule has 7 nitrogen and oxygen atoms in total. The molecule has 0 spiro atoms. The maximum absolute atomic E-state index is 12.6. The van der Waals surface area contributed by atoms with Crippen molar-refractivity contribution in [2.45, 2.75) is 45.4 Å². The number of nitrogens with zero attached hydrogens (tertiary/aromatic N) is 1. The number of amides is 1. The van der Waals surface area contributed by atoms with Gasteiger partial charge in [0.15, 0.2) is 0 Å². The van der Waals surface area contributed by atoms with Crippen molar-refractivity contribution in [1.82, 2.24) is 9.62 Å². The van der Waals surface area contributed by atoms with Crippen molar-refractivity contribution in [2.75, 3.05) is 19.4 Å². The third-order valence-electron chi connectivity index (χ3n) is 5.10. The molecule has 0 bridgehead atoms. The Hall–Kier alpha value is -2.42. The molecule has 2 aromatic rings. The first kappa shape index (κ1) is 25.8. The highest BCUT2D eigenvalue weighted by Crippen LogP contribution is 2.29. The first-order chi connectivity index (χ1) is 15.2. The zero-order chi connectivity index (χ0) is 23.6. The van der Waals surface area contributed by atoms with E-state index in [1.807, 2.05) is 62.4 Å². The molecular formula is C24H34N2O5S. The van der Waals surface area contributed by atoms with E-state index in [0.717, 1.165) is 11.8 Å². The molecule has 32 heavy (non-hydrogen) atoms. The number of carbonyl (C=O) groups is 1. The van der Waals surface area contributed by atoms with Gasteiger partial charge in [-0.1, -0.05) is 74.5 Å². The molecule has 0 heterocycles. The Morgan fingerprint density at radius 3 is 2.19 bits per heavy atom. The molecule has 8 heteroatoms. The summed E-state index contributed by atoms with van der Waals surface area (Å²) in [6.07, 6.45) is 0.301. The number of hydrogen-bond donors (Lipinski definition) is 2. The number of ether oxygens (including phenoxy) is 1. The molecule has 0 aromatic heterocycles. The number of hydrogen-bond acceptors (Lipinski definition) is 5. The minimum Gasteiger partial charge on any atom is -0.449 e. The van der Waals surface area contributed by atoms with Crippen LogP contribution in [0.2, 0.25) is 0 Å². The van der Waals surface area contributed by atoms with Crippen LogP contribution in [0.3, 0.4) is 0 Å². The fraction of sp³-hybridized carbons (Fsp3) is 0.458. The third-order valence-corrected chi connectivity index (χ3v) is 6.36. The molecule has 2 atom stereocenters. The summed E-state index contributed by atoms with van der Waals surface area (Å²) in [6, 6.07) is 17.8. The lowest BCUT2D eigenvalue weighted by Gasteiger charge is -2.34. The Labute approximate surface area is 191 Å². The predicted molar refractivity (Wildman–Crippen MR) is 125 cm³/mol. The van der Waals surface area contributed by atoms with Gasteiger partial charge in [-0.05, 0) is 23.5 Å². The van der Waals surface area contributed by atoms with Gasteiger partial charge in [-0.3, -0.25) is 0 Å². The Morgan fingerprint density at radius 2 is 1.62 bits per heavy atom. The van der Waals surface area contributed by atoms with Crippen LogP contribution in [0.5, 0.6) is 0 Å². The van der Waals surface area contributed by atoms with Gasteiger partial charge >= 0.3 is 6.09 Å². The standard InChI is InChI=1S/C24H34N2O5S/c1-19(2)14-16-26(32(3,29)30)23(21-12-8-5-9-13-21)22(27)15-17-31-24(28)25-18-20-10-6-4-7-11-20/h4-13,19,22-23,27H,14-18H2,1-3H3,(H,25,28)/t22?,23-/m0/s1. The lowest BCUT2D eigenvalue weighted by Crippen LogP contribution is -2.41. The van der Waals surface area contributed by atoms with Crippen molar-refractivity contribution in [1.29, 1.82) is 0 Å². The molecule has 0 aliphatic rings. The molecule has 0 radical (unpaired) electrons. The fourth-order valence-electron chi connectivity index (χ4n) is 3.38. The summed E-state index contributed by atoms with van der Waals surface area (Å²) in [4.78, 5) is 12.0. The lowest BCUT2D eigenvalue weighted by molar-refractivity contribution is 0.0567. The predicted octanol–water partition coefficient (Wildman–Crippen LogP) is 3.71. The Bertz CT molecular complexity index is 920. The minimum absolute atomic E-state index is 0.0348. The van der Waals surface area contributed by atoms with Crippen LogP contribution < -0.4 is 5.32 Å². The molecule has 1 unspecified atom stereocenters. The van der Waals surface area contributed by atoms with Crippen molar-refractivity contribution < 1.29 is 23.1 Å². The van der Waals surface area contributed by atoms with E-state index in [-0.39, 0.29) is 13.0 Å². The fourth-order valence-corrected chi connectivity index (χ4v) is 4.49. The van der Waals surface area contributed by atoms with Crippen LogP contribution in [0.15, 0.2) is 60.7 Å². The van der Waals surface area contributed by atoms with Crippen molar-refractivity contribution >= 4 is 16.1 Å². The Balaban J connectivity index is 2.03. The number of benzene rings is 2. The van der Waals surface area contributed by atoms with Crippen molar-refractivity contribution in [3.63, 3.8) is 0 Å². The Kier molecular flexibility index (Phi) is 10.2. The normalized spacial score (nSPS) is 13.7. The average Bonchev–Trinajstić information content (AvgIpc) is 2.75. The molecule has 2 rings (SSSR count). The molecule has 0 saturated carbocycles. The Morgan fingerprint density at radius 1 is 1.03 bits per heavy atom. The number of alkyl carbamates (subject to hydrolysis) is 1. The summed E-state index contributed by atoms with van der Waals surface area (Å²) in [5.74, 6) is 0.310. The van der Waals surface area contributed by atoms with Gasteiger partial charge < -0.3 is 15.2 Å². The minimum atomic E-state index is -3.58. The highest BCUT2D eigenvalue weighted by molar-refractivity contribution is 7.88. The summed E-state index contributed by atoms with van der Waals surface area (Å²) in [6.45, 7) is 4.65. The molecular weight excluding hydrogens is 428 g/mol. The highest BCUT2D eigenvalue weighted by atomic mass is 32.2. The van der Waals surface area contributed by atoms with E-state index in [4.69, 9.17) is 4.74 Å². The van der Waals surface area contributed by atoms with Crippen LogP contribution in [-0.4, -0.2) is 49.4 Å². The second-order valence-electron chi connectivity index (χ2n) is 8.24.